The molecule has 4 nitrogen and oxygen atoms in total. The van der Waals surface area contributed by atoms with Crippen molar-refractivity contribution in [3.8, 4) is 0 Å². The normalized spacial score (nSPS) is 22.7. The Morgan fingerprint density at radius 2 is 1.84 bits per heavy atom. The molecule has 1 aromatic carbocycles. The largest absolute Gasteiger partial charge is 0.481 e. The van der Waals surface area contributed by atoms with Crippen LogP contribution in [0.5, 0.6) is 0 Å². The Bertz CT molecular complexity index is 441. The van der Waals surface area contributed by atoms with Gasteiger partial charge in [0, 0.05) is 0 Å². The Kier molecular flexibility index (Phi) is 4.55. The van der Waals surface area contributed by atoms with E-state index in [1.807, 2.05) is 30.3 Å². The highest BCUT2D eigenvalue weighted by Crippen LogP contribution is 2.30. The summed E-state index contributed by atoms with van der Waals surface area (Å²) in [6.07, 6.45) is 2.58. The zero-order valence-corrected chi connectivity index (χ0v) is 10.7. The van der Waals surface area contributed by atoms with E-state index in [-0.39, 0.29) is 18.5 Å². The topological polar surface area (TPSA) is 63.6 Å². The Labute approximate surface area is 112 Å². The molecule has 0 radical (unpaired) electrons. The molecular formula is C15H18O4. The monoisotopic (exact) mass is 262 g/mol. The molecule has 1 aliphatic rings. The highest BCUT2D eigenvalue weighted by atomic mass is 16.5. The molecule has 1 aromatic rings. The van der Waals surface area contributed by atoms with E-state index in [4.69, 9.17) is 9.84 Å². The van der Waals surface area contributed by atoms with Crippen LogP contribution in [0, 0.1) is 11.8 Å². The number of ether oxygens (including phenoxy) is 1. The summed E-state index contributed by atoms with van der Waals surface area (Å²) < 4.78 is 5.26. The van der Waals surface area contributed by atoms with Crippen molar-refractivity contribution in [1.29, 1.82) is 0 Å². The molecule has 1 saturated carbocycles. The first-order chi connectivity index (χ1) is 9.16. The maximum Gasteiger partial charge on any atom is 0.309 e. The Morgan fingerprint density at radius 1 is 1.16 bits per heavy atom. The minimum Gasteiger partial charge on any atom is -0.481 e. The molecule has 0 aromatic heterocycles. The van der Waals surface area contributed by atoms with E-state index in [2.05, 4.69) is 0 Å². The van der Waals surface area contributed by atoms with Crippen molar-refractivity contribution in [3.05, 3.63) is 35.9 Å². The molecule has 2 rings (SSSR count). The lowest BCUT2D eigenvalue weighted by molar-refractivity contribution is -0.153. The molecule has 1 N–H and O–H groups in total. The molecule has 1 fully saturated rings. The molecule has 0 saturated heterocycles. The number of carboxylic acids is 1. The molecule has 0 unspecified atom stereocenters. The van der Waals surface area contributed by atoms with Gasteiger partial charge in [-0.05, 0) is 24.8 Å². The molecule has 0 amide bonds. The van der Waals surface area contributed by atoms with Crippen molar-refractivity contribution in [2.24, 2.45) is 11.8 Å². The van der Waals surface area contributed by atoms with Crippen molar-refractivity contribution >= 4 is 11.9 Å². The van der Waals surface area contributed by atoms with Gasteiger partial charge in [0.05, 0.1) is 11.8 Å². The Morgan fingerprint density at radius 3 is 2.53 bits per heavy atom. The van der Waals surface area contributed by atoms with E-state index in [9.17, 15) is 9.59 Å². The van der Waals surface area contributed by atoms with E-state index in [1.54, 1.807) is 0 Å². The molecule has 0 aliphatic heterocycles. The summed E-state index contributed by atoms with van der Waals surface area (Å²) in [6, 6.07) is 9.49. The van der Waals surface area contributed by atoms with Crippen LogP contribution < -0.4 is 0 Å². The summed E-state index contributed by atoms with van der Waals surface area (Å²) in [4.78, 5) is 22.9. The van der Waals surface area contributed by atoms with Crippen molar-refractivity contribution in [2.45, 2.75) is 32.3 Å². The van der Waals surface area contributed by atoms with Crippen LogP contribution in [0.2, 0.25) is 0 Å². The van der Waals surface area contributed by atoms with Gasteiger partial charge >= 0.3 is 11.9 Å². The van der Waals surface area contributed by atoms with E-state index >= 15 is 0 Å². The van der Waals surface area contributed by atoms with Gasteiger partial charge in [-0.2, -0.15) is 0 Å². The molecule has 0 heterocycles. The third-order valence-corrected chi connectivity index (χ3v) is 3.58. The van der Waals surface area contributed by atoms with E-state index in [0.717, 1.165) is 18.4 Å². The van der Waals surface area contributed by atoms with Crippen LogP contribution in [0.1, 0.15) is 31.2 Å². The number of benzene rings is 1. The molecule has 2 atom stereocenters. The van der Waals surface area contributed by atoms with Crippen molar-refractivity contribution < 1.29 is 19.4 Å². The lowest BCUT2D eigenvalue weighted by Crippen LogP contribution is -2.28. The second-order valence-electron chi connectivity index (χ2n) is 4.99. The van der Waals surface area contributed by atoms with Gasteiger partial charge in [-0.3, -0.25) is 9.59 Å². The van der Waals surface area contributed by atoms with E-state index in [0.29, 0.717) is 12.8 Å². The molecule has 1 aliphatic carbocycles. The predicted octanol–water partition coefficient (Wildman–Crippen LogP) is 2.62. The second kappa shape index (κ2) is 6.36. The minimum absolute atomic E-state index is 0.258. The van der Waals surface area contributed by atoms with E-state index in [1.165, 1.54) is 0 Å². The Balaban J connectivity index is 1.84. The number of hydrogen-bond acceptors (Lipinski definition) is 3. The van der Waals surface area contributed by atoms with Crippen molar-refractivity contribution in [1.82, 2.24) is 0 Å². The summed E-state index contributed by atoms with van der Waals surface area (Å²) in [5.74, 6) is -1.74. The van der Waals surface area contributed by atoms with Gasteiger partial charge in [0.15, 0.2) is 0 Å². The first kappa shape index (κ1) is 13.6. The van der Waals surface area contributed by atoms with Crippen LogP contribution in [0.4, 0.5) is 0 Å². The van der Waals surface area contributed by atoms with Gasteiger partial charge in [0.25, 0.3) is 0 Å². The molecule has 19 heavy (non-hydrogen) atoms. The van der Waals surface area contributed by atoms with Crippen LogP contribution in [-0.4, -0.2) is 17.0 Å². The maximum atomic E-state index is 11.9. The lowest BCUT2D eigenvalue weighted by atomic mass is 9.81. The SMILES string of the molecule is O=C(O)[C@H]1CCC[C@@H](C(=O)OCc2ccccc2)C1. The predicted molar refractivity (Wildman–Crippen MR) is 69.3 cm³/mol. The van der Waals surface area contributed by atoms with Gasteiger partial charge in [-0.1, -0.05) is 36.8 Å². The van der Waals surface area contributed by atoms with Gasteiger partial charge < -0.3 is 9.84 Å². The number of rotatable bonds is 4. The highest BCUT2D eigenvalue weighted by molar-refractivity contribution is 5.75. The third kappa shape index (κ3) is 3.81. The molecular weight excluding hydrogens is 244 g/mol. The van der Waals surface area contributed by atoms with Crippen LogP contribution in [0.15, 0.2) is 30.3 Å². The van der Waals surface area contributed by atoms with Gasteiger partial charge in [-0.25, -0.2) is 0 Å². The minimum atomic E-state index is -0.805. The number of carboxylic acid groups (broad SMARTS) is 1. The van der Waals surface area contributed by atoms with Gasteiger partial charge in [0.1, 0.15) is 6.61 Å². The fourth-order valence-corrected chi connectivity index (χ4v) is 2.47. The Hall–Kier alpha value is -1.84. The molecule has 0 bridgehead atoms. The summed E-state index contributed by atoms with van der Waals surface area (Å²) >= 11 is 0. The number of aliphatic carboxylic acids is 1. The summed E-state index contributed by atoms with van der Waals surface area (Å²) in [6.45, 7) is 0.258. The maximum absolute atomic E-state index is 11.9. The zero-order valence-electron chi connectivity index (χ0n) is 10.7. The first-order valence-electron chi connectivity index (χ1n) is 6.60. The number of carbonyl (C=O) groups is 2. The van der Waals surface area contributed by atoms with Gasteiger partial charge in [0.2, 0.25) is 0 Å². The van der Waals surface area contributed by atoms with Crippen molar-refractivity contribution in [2.75, 3.05) is 0 Å². The summed E-state index contributed by atoms with van der Waals surface area (Å²) in [7, 11) is 0. The quantitative estimate of drug-likeness (QED) is 0.847. The van der Waals surface area contributed by atoms with Crippen LogP contribution in [-0.2, 0) is 20.9 Å². The van der Waals surface area contributed by atoms with Crippen molar-refractivity contribution in [3.63, 3.8) is 0 Å². The highest BCUT2D eigenvalue weighted by Gasteiger charge is 2.31. The van der Waals surface area contributed by atoms with Crippen LogP contribution >= 0.6 is 0 Å². The second-order valence-corrected chi connectivity index (χ2v) is 4.99. The fraction of sp³-hybridized carbons (Fsp3) is 0.467. The van der Waals surface area contributed by atoms with Gasteiger partial charge in [-0.15, -0.1) is 0 Å². The molecule has 102 valence electrons. The standard InChI is InChI=1S/C15H18O4/c16-14(17)12-7-4-8-13(9-12)15(18)19-10-11-5-2-1-3-6-11/h1-3,5-6,12-13H,4,7-10H2,(H,16,17)/t12-,13+/m0/s1. The average molecular weight is 262 g/mol. The smallest absolute Gasteiger partial charge is 0.309 e. The lowest BCUT2D eigenvalue weighted by Gasteiger charge is -2.25. The summed E-state index contributed by atoms with van der Waals surface area (Å²) in [5.41, 5.74) is 0.946. The molecule has 4 heteroatoms. The number of hydrogen-bond donors (Lipinski definition) is 1. The fourth-order valence-electron chi connectivity index (χ4n) is 2.47. The third-order valence-electron chi connectivity index (χ3n) is 3.58. The summed E-state index contributed by atoms with van der Waals surface area (Å²) in [5, 5.41) is 8.99. The zero-order chi connectivity index (χ0) is 13.7. The van der Waals surface area contributed by atoms with Crippen LogP contribution in [0.3, 0.4) is 0 Å². The first-order valence-corrected chi connectivity index (χ1v) is 6.60. The number of esters is 1. The average Bonchev–Trinajstić information content (AvgIpc) is 2.46. The van der Waals surface area contributed by atoms with Crippen LogP contribution in [0.25, 0.3) is 0 Å². The number of carbonyl (C=O) groups excluding carboxylic acids is 1. The van der Waals surface area contributed by atoms with E-state index < -0.39 is 11.9 Å². The molecule has 0 spiro atoms.